The van der Waals surface area contributed by atoms with Gasteiger partial charge in [0.15, 0.2) is 0 Å². The van der Waals surface area contributed by atoms with Crippen molar-refractivity contribution in [2.45, 2.75) is 57.2 Å². The van der Waals surface area contributed by atoms with Gasteiger partial charge in [0.25, 0.3) is 5.91 Å². The molecule has 0 bridgehead atoms. The number of β-amino-alcohol motifs (C(OH)–C–C–N with tert-alkyl or cyclic N) is 1. The van der Waals surface area contributed by atoms with Crippen molar-refractivity contribution >= 4 is 11.7 Å². The Kier molecular flexibility index (Phi) is 6.92. The quantitative estimate of drug-likeness (QED) is 0.651. The van der Waals surface area contributed by atoms with E-state index < -0.39 is 6.10 Å². The molecule has 160 valence electrons. The number of benzene rings is 1. The van der Waals surface area contributed by atoms with Gasteiger partial charge in [-0.3, -0.25) is 9.69 Å². The summed E-state index contributed by atoms with van der Waals surface area (Å²) in [7, 11) is 0. The Hall–Kier alpha value is -2.51. The van der Waals surface area contributed by atoms with E-state index in [9.17, 15) is 9.90 Å². The molecule has 1 aromatic carbocycles. The Morgan fingerprint density at radius 2 is 1.97 bits per heavy atom. The van der Waals surface area contributed by atoms with Crippen LogP contribution in [0.3, 0.4) is 0 Å². The lowest BCUT2D eigenvalue weighted by atomic mass is 9.95. The fourth-order valence-electron chi connectivity index (χ4n) is 4.39. The van der Waals surface area contributed by atoms with Gasteiger partial charge in [0, 0.05) is 38.3 Å². The lowest BCUT2D eigenvalue weighted by Crippen LogP contribution is -2.42. The zero-order chi connectivity index (χ0) is 20.8. The van der Waals surface area contributed by atoms with Gasteiger partial charge in [-0.1, -0.05) is 43.5 Å². The number of carbonyl (C=O) groups excluding carboxylic acids is 1. The molecule has 0 saturated heterocycles. The highest BCUT2D eigenvalue weighted by Gasteiger charge is 2.19. The van der Waals surface area contributed by atoms with Crippen LogP contribution in [0.25, 0.3) is 0 Å². The molecule has 0 spiro atoms. The van der Waals surface area contributed by atoms with Gasteiger partial charge < -0.3 is 15.7 Å². The Morgan fingerprint density at radius 3 is 2.80 bits per heavy atom. The van der Waals surface area contributed by atoms with Gasteiger partial charge in [0.1, 0.15) is 17.8 Å². The van der Waals surface area contributed by atoms with Crippen LogP contribution >= 0.6 is 0 Å². The van der Waals surface area contributed by atoms with Crippen molar-refractivity contribution in [1.29, 1.82) is 0 Å². The number of hydrogen-bond donors (Lipinski definition) is 3. The summed E-state index contributed by atoms with van der Waals surface area (Å²) < 4.78 is 0. The fourth-order valence-corrected chi connectivity index (χ4v) is 4.39. The van der Waals surface area contributed by atoms with Crippen LogP contribution in [0.15, 0.2) is 36.7 Å². The van der Waals surface area contributed by atoms with Crippen LogP contribution in [0, 0.1) is 0 Å². The summed E-state index contributed by atoms with van der Waals surface area (Å²) in [5.41, 5.74) is 3.03. The number of fused-ring (bicyclic) bond motifs is 1. The van der Waals surface area contributed by atoms with Crippen molar-refractivity contribution in [2.75, 3.05) is 25.0 Å². The second-order valence-corrected chi connectivity index (χ2v) is 8.39. The topological polar surface area (TPSA) is 90.4 Å². The number of aromatic nitrogens is 2. The average molecular weight is 410 g/mol. The van der Waals surface area contributed by atoms with E-state index in [-0.39, 0.29) is 12.5 Å². The van der Waals surface area contributed by atoms with Gasteiger partial charge in [-0.05, 0) is 30.4 Å². The van der Waals surface area contributed by atoms with Crippen molar-refractivity contribution in [1.82, 2.24) is 20.2 Å². The Labute approximate surface area is 177 Å². The average Bonchev–Trinajstić information content (AvgIpc) is 2.78. The van der Waals surface area contributed by atoms with Gasteiger partial charge in [-0.2, -0.15) is 0 Å². The highest BCUT2D eigenvalue weighted by molar-refractivity contribution is 5.92. The van der Waals surface area contributed by atoms with E-state index >= 15 is 0 Å². The number of nitrogens with one attached hydrogen (secondary N) is 2. The number of aliphatic hydroxyl groups excluding tert-OH is 1. The molecule has 0 unspecified atom stereocenters. The van der Waals surface area contributed by atoms with Crippen LogP contribution in [0.1, 0.15) is 53.7 Å². The molecule has 7 nitrogen and oxygen atoms in total. The molecule has 30 heavy (non-hydrogen) atoms. The summed E-state index contributed by atoms with van der Waals surface area (Å²) in [6.07, 6.45) is 7.82. The van der Waals surface area contributed by atoms with Crippen LogP contribution in [0.4, 0.5) is 5.82 Å². The Bertz CT molecular complexity index is 853. The molecule has 7 heteroatoms. The Morgan fingerprint density at radius 1 is 1.17 bits per heavy atom. The van der Waals surface area contributed by atoms with Gasteiger partial charge in [-0.25, -0.2) is 9.97 Å². The molecule has 1 aromatic heterocycles. The molecular formula is C23H31N5O2. The number of nitrogens with zero attached hydrogens (tertiary/aromatic N) is 3. The van der Waals surface area contributed by atoms with Gasteiger partial charge >= 0.3 is 0 Å². The molecule has 1 fully saturated rings. The number of carbonyl (C=O) groups is 1. The second kappa shape index (κ2) is 10.00. The van der Waals surface area contributed by atoms with Crippen molar-refractivity contribution in [3.8, 4) is 0 Å². The van der Waals surface area contributed by atoms with E-state index in [4.69, 9.17) is 0 Å². The molecule has 1 saturated carbocycles. The number of rotatable bonds is 7. The first-order chi connectivity index (χ1) is 14.7. The first-order valence-electron chi connectivity index (χ1n) is 11.0. The third-order valence-electron chi connectivity index (χ3n) is 6.03. The zero-order valence-electron chi connectivity index (χ0n) is 17.4. The van der Waals surface area contributed by atoms with E-state index in [0.29, 0.717) is 24.1 Å². The predicted molar refractivity (Wildman–Crippen MR) is 116 cm³/mol. The van der Waals surface area contributed by atoms with E-state index in [1.807, 2.05) is 0 Å². The molecule has 1 atom stereocenters. The molecule has 0 radical (unpaired) electrons. The monoisotopic (exact) mass is 409 g/mol. The second-order valence-electron chi connectivity index (χ2n) is 8.39. The molecule has 2 aliphatic rings. The van der Waals surface area contributed by atoms with E-state index in [0.717, 1.165) is 32.4 Å². The predicted octanol–water partition coefficient (Wildman–Crippen LogP) is 2.37. The van der Waals surface area contributed by atoms with Crippen molar-refractivity contribution in [3.05, 3.63) is 53.5 Å². The van der Waals surface area contributed by atoms with Crippen molar-refractivity contribution < 1.29 is 9.90 Å². The highest BCUT2D eigenvalue weighted by Crippen LogP contribution is 2.21. The van der Waals surface area contributed by atoms with Crippen LogP contribution in [-0.4, -0.2) is 57.7 Å². The lowest BCUT2D eigenvalue weighted by molar-refractivity contribution is 0.0838. The highest BCUT2D eigenvalue weighted by atomic mass is 16.3. The Balaban J connectivity index is 1.24. The number of amides is 1. The summed E-state index contributed by atoms with van der Waals surface area (Å²) in [6.45, 7) is 2.49. The van der Waals surface area contributed by atoms with E-state index in [1.54, 1.807) is 6.07 Å². The number of hydrogen-bond acceptors (Lipinski definition) is 6. The molecule has 1 amide bonds. The van der Waals surface area contributed by atoms with Gasteiger partial charge in [-0.15, -0.1) is 0 Å². The number of anilines is 1. The minimum absolute atomic E-state index is 0.201. The molecule has 1 aliphatic carbocycles. The molecular weight excluding hydrogens is 378 g/mol. The zero-order valence-corrected chi connectivity index (χ0v) is 17.4. The first kappa shape index (κ1) is 20.8. The minimum Gasteiger partial charge on any atom is -0.390 e. The van der Waals surface area contributed by atoms with Gasteiger partial charge in [0.2, 0.25) is 0 Å². The van der Waals surface area contributed by atoms with Crippen molar-refractivity contribution in [2.24, 2.45) is 0 Å². The normalized spacial score (nSPS) is 18.4. The maximum absolute atomic E-state index is 12.5. The standard InChI is InChI=1S/C23H31N5O2/c29-20(15-28-11-10-17-6-4-5-7-18(17)14-28)13-24-23(30)21-12-22(26-16-25-21)27-19-8-2-1-3-9-19/h4-7,12,16,19-20,29H,1-3,8-11,13-15H2,(H,24,30)(H,25,26,27)/t20-/m0/s1. The third-order valence-corrected chi connectivity index (χ3v) is 6.03. The SMILES string of the molecule is O=C(NC[C@H](O)CN1CCc2ccccc2C1)c1cc(NC2CCCCC2)ncn1. The van der Waals surface area contributed by atoms with Crippen LogP contribution in [-0.2, 0) is 13.0 Å². The summed E-state index contributed by atoms with van der Waals surface area (Å²) in [6, 6.07) is 10.5. The first-order valence-corrected chi connectivity index (χ1v) is 11.0. The summed E-state index contributed by atoms with van der Waals surface area (Å²) in [5.74, 6) is 0.404. The summed E-state index contributed by atoms with van der Waals surface area (Å²) in [5, 5.41) is 16.6. The van der Waals surface area contributed by atoms with Crippen LogP contribution < -0.4 is 10.6 Å². The smallest absolute Gasteiger partial charge is 0.270 e. The van der Waals surface area contributed by atoms with E-state index in [2.05, 4.69) is 49.8 Å². The van der Waals surface area contributed by atoms with Crippen LogP contribution in [0.5, 0.6) is 0 Å². The van der Waals surface area contributed by atoms with Crippen LogP contribution in [0.2, 0.25) is 0 Å². The summed E-state index contributed by atoms with van der Waals surface area (Å²) in [4.78, 5) is 23.1. The molecule has 3 N–H and O–H groups in total. The largest absolute Gasteiger partial charge is 0.390 e. The maximum atomic E-state index is 12.5. The van der Waals surface area contributed by atoms with Crippen molar-refractivity contribution in [3.63, 3.8) is 0 Å². The van der Waals surface area contributed by atoms with E-state index in [1.165, 1.54) is 36.7 Å². The molecule has 2 heterocycles. The molecule has 1 aliphatic heterocycles. The minimum atomic E-state index is -0.624. The molecule has 4 rings (SSSR count). The maximum Gasteiger partial charge on any atom is 0.270 e. The summed E-state index contributed by atoms with van der Waals surface area (Å²) >= 11 is 0. The lowest BCUT2D eigenvalue weighted by Gasteiger charge is -2.30. The third kappa shape index (κ3) is 5.55. The molecule has 2 aromatic rings. The fraction of sp³-hybridized carbons (Fsp3) is 0.522. The number of aliphatic hydroxyl groups is 1. The van der Waals surface area contributed by atoms with Gasteiger partial charge in [0.05, 0.1) is 6.10 Å².